The zero-order valence-electron chi connectivity index (χ0n) is 9.34. The molecular weight excluding hydrogens is 236 g/mol. The summed E-state index contributed by atoms with van der Waals surface area (Å²) in [5.41, 5.74) is 4.31. The van der Waals surface area contributed by atoms with Gasteiger partial charge >= 0.3 is 5.97 Å². The second-order valence-corrected chi connectivity index (χ2v) is 4.12. The van der Waals surface area contributed by atoms with Gasteiger partial charge in [-0.15, -0.1) is 11.3 Å². The van der Waals surface area contributed by atoms with Gasteiger partial charge in [-0.2, -0.15) is 0 Å². The maximum Gasteiger partial charge on any atom is 0.337 e. The number of hydrogen-bond acceptors (Lipinski definition) is 5. The number of benzene rings is 1. The van der Waals surface area contributed by atoms with Crippen LogP contribution in [0, 0.1) is 0 Å². The highest BCUT2D eigenvalue weighted by atomic mass is 32.1. The molecule has 17 heavy (non-hydrogen) atoms. The summed E-state index contributed by atoms with van der Waals surface area (Å²) in [5, 5.41) is 5.22. The molecule has 4 nitrogen and oxygen atoms in total. The van der Waals surface area contributed by atoms with Crippen molar-refractivity contribution in [2.45, 2.75) is 6.54 Å². The van der Waals surface area contributed by atoms with E-state index < -0.39 is 0 Å². The fraction of sp³-hybridized carbons (Fsp3) is 0.167. The van der Waals surface area contributed by atoms with E-state index in [1.165, 1.54) is 7.11 Å². The number of rotatable bonds is 4. The third kappa shape index (κ3) is 3.04. The third-order valence-corrected chi connectivity index (χ3v) is 2.90. The predicted octanol–water partition coefficient (Wildman–Crippen LogP) is 2.54. The molecule has 0 aliphatic rings. The average Bonchev–Trinajstić information content (AvgIpc) is 2.89. The summed E-state index contributed by atoms with van der Waals surface area (Å²) in [5.74, 6) is -0.323. The highest BCUT2D eigenvalue weighted by Gasteiger charge is 2.04. The summed E-state index contributed by atoms with van der Waals surface area (Å²) < 4.78 is 4.63. The Balaban J connectivity index is 1.96. The highest BCUT2D eigenvalue weighted by molar-refractivity contribution is 7.07. The summed E-state index contributed by atoms with van der Waals surface area (Å²) in [6.45, 7) is 0.682. The lowest BCUT2D eigenvalue weighted by Gasteiger charge is -2.05. The second kappa shape index (κ2) is 5.45. The van der Waals surface area contributed by atoms with Gasteiger partial charge in [0.1, 0.15) is 0 Å². The molecule has 1 N–H and O–H groups in total. The van der Waals surface area contributed by atoms with Crippen LogP contribution in [-0.2, 0) is 11.3 Å². The number of thiazole rings is 1. The lowest BCUT2D eigenvalue weighted by atomic mass is 10.2. The van der Waals surface area contributed by atoms with Gasteiger partial charge in [0.15, 0.2) is 0 Å². The Kier molecular flexibility index (Phi) is 3.72. The minimum absolute atomic E-state index is 0.323. The first-order valence-electron chi connectivity index (χ1n) is 5.09. The molecule has 0 amide bonds. The molecule has 0 fully saturated rings. The number of nitrogens with one attached hydrogen (secondary N) is 1. The minimum atomic E-state index is -0.323. The number of hydrogen-bond donors (Lipinski definition) is 1. The molecule has 0 atom stereocenters. The normalized spacial score (nSPS) is 9.94. The van der Waals surface area contributed by atoms with Crippen LogP contribution in [0.25, 0.3) is 0 Å². The van der Waals surface area contributed by atoms with Crippen LogP contribution in [-0.4, -0.2) is 18.1 Å². The molecule has 1 aromatic carbocycles. The van der Waals surface area contributed by atoms with E-state index in [-0.39, 0.29) is 5.97 Å². The number of anilines is 1. The third-order valence-electron chi connectivity index (χ3n) is 2.26. The lowest BCUT2D eigenvalue weighted by molar-refractivity contribution is 0.0601. The fourth-order valence-electron chi connectivity index (χ4n) is 1.36. The summed E-state index contributed by atoms with van der Waals surface area (Å²) in [6, 6.07) is 7.15. The van der Waals surface area contributed by atoms with Gasteiger partial charge in [-0.05, 0) is 24.3 Å². The molecule has 0 aliphatic carbocycles. The lowest BCUT2D eigenvalue weighted by Crippen LogP contribution is -2.02. The molecular formula is C12H12N2O2S. The van der Waals surface area contributed by atoms with Gasteiger partial charge in [-0.3, -0.25) is 0 Å². The van der Waals surface area contributed by atoms with E-state index in [0.29, 0.717) is 12.1 Å². The molecule has 0 spiro atoms. The Morgan fingerprint density at radius 3 is 2.76 bits per heavy atom. The van der Waals surface area contributed by atoms with E-state index in [0.717, 1.165) is 11.4 Å². The first-order chi connectivity index (χ1) is 8.29. The van der Waals surface area contributed by atoms with Crippen molar-refractivity contribution in [3.05, 3.63) is 46.4 Å². The number of methoxy groups -OCH3 is 1. The molecule has 0 saturated heterocycles. The number of carbonyl (C=O) groups is 1. The molecule has 0 unspecified atom stereocenters. The van der Waals surface area contributed by atoms with E-state index in [2.05, 4.69) is 15.0 Å². The fourth-order valence-corrected chi connectivity index (χ4v) is 1.92. The summed E-state index contributed by atoms with van der Waals surface area (Å²) in [7, 11) is 1.37. The van der Waals surface area contributed by atoms with Crippen LogP contribution < -0.4 is 5.32 Å². The minimum Gasteiger partial charge on any atom is -0.465 e. The van der Waals surface area contributed by atoms with Crippen molar-refractivity contribution in [3.8, 4) is 0 Å². The van der Waals surface area contributed by atoms with E-state index >= 15 is 0 Å². The van der Waals surface area contributed by atoms with Crippen molar-refractivity contribution < 1.29 is 9.53 Å². The summed E-state index contributed by atoms with van der Waals surface area (Å²) in [4.78, 5) is 15.4. The molecule has 1 heterocycles. The molecule has 0 saturated carbocycles. The van der Waals surface area contributed by atoms with Crippen molar-refractivity contribution in [2.24, 2.45) is 0 Å². The van der Waals surface area contributed by atoms with Crippen LogP contribution in [0.15, 0.2) is 35.2 Å². The van der Waals surface area contributed by atoms with Gasteiger partial charge in [-0.1, -0.05) is 0 Å². The smallest absolute Gasteiger partial charge is 0.337 e. The zero-order chi connectivity index (χ0) is 12.1. The van der Waals surface area contributed by atoms with E-state index in [4.69, 9.17) is 0 Å². The maximum absolute atomic E-state index is 11.2. The monoisotopic (exact) mass is 248 g/mol. The van der Waals surface area contributed by atoms with Gasteiger partial charge in [0.05, 0.1) is 30.4 Å². The molecule has 88 valence electrons. The molecule has 0 radical (unpaired) electrons. The van der Waals surface area contributed by atoms with E-state index in [1.54, 1.807) is 29.0 Å². The van der Waals surface area contributed by atoms with Crippen LogP contribution in [0.1, 0.15) is 16.1 Å². The first kappa shape index (κ1) is 11.6. The van der Waals surface area contributed by atoms with Crippen LogP contribution in [0.2, 0.25) is 0 Å². The number of ether oxygens (including phenoxy) is 1. The van der Waals surface area contributed by atoms with Crippen LogP contribution in [0.4, 0.5) is 5.69 Å². The topological polar surface area (TPSA) is 51.2 Å². The number of carbonyl (C=O) groups excluding carboxylic acids is 1. The standard InChI is InChI=1S/C12H12N2O2S/c1-16-12(15)9-2-4-10(5-3-9)13-6-11-7-17-8-14-11/h2-5,7-8,13H,6H2,1H3. The first-order valence-corrected chi connectivity index (χ1v) is 6.03. The van der Waals surface area contributed by atoms with Crippen molar-refractivity contribution in [2.75, 3.05) is 12.4 Å². The summed E-state index contributed by atoms with van der Waals surface area (Å²) in [6.07, 6.45) is 0. The second-order valence-electron chi connectivity index (χ2n) is 3.40. The molecule has 2 rings (SSSR count). The Hall–Kier alpha value is -1.88. The number of aromatic nitrogens is 1. The van der Waals surface area contributed by atoms with Crippen LogP contribution >= 0.6 is 11.3 Å². The average molecular weight is 248 g/mol. The van der Waals surface area contributed by atoms with Gasteiger partial charge in [0.2, 0.25) is 0 Å². The predicted molar refractivity (Wildman–Crippen MR) is 67.2 cm³/mol. The molecule has 1 aromatic heterocycles. The molecule has 0 bridgehead atoms. The van der Waals surface area contributed by atoms with Crippen molar-refractivity contribution in [1.82, 2.24) is 4.98 Å². The Bertz CT molecular complexity index is 480. The SMILES string of the molecule is COC(=O)c1ccc(NCc2cscn2)cc1. The molecule has 0 aliphatic heterocycles. The quantitative estimate of drug-likeness (QED) is 0.845. The van der Waals surface area contributed by atoms with Crippen molar-refractivity contribution in [1.29, 1.82) is 0 Å². The number of esters is 1. The Labute approximate surface area is 103 Å². The molecule has 2 aromatic rings. The highest BCUT2D eigenvalue weighted by Crippen LogP contribution is 2.12. The van der Waals surface area contributed by atoms with Crippen molar-refractivity contribution in [3.63, 3.8) is 0 Å². The largest absolute Gasteiger partial charge is 0.465 e. The van der Waals surface area contributed by atoms with Crippen LogP contribution in [0.3, 0.4) is 0 Å². The Morgan fingerprint density at radius 1 is 1.41 bits per heavy atom. The Morgan fingerprint density at radius 2 is 2.18 bits per heavy atom. The van der Waals surface area contributed by atoms with Crippen LogP contribution in [0.5, 0.6) is 0 Å². The van der Waals surface area contributed by atoms with Gasteiger partial charge < -0.3 is 10.1 Å². The van der Waals surface area contributed by atoms with E-state index in [9.17, 15) is 4.79 Å². The van der Waals surface area contributed by atoms with Gasteiger partial charge in [0.25, 0.3) is 0 Å². The van der Waals surface area contributed by atoms with Gasteiger partial charge in [0, 0.05) is 11.1 Å². The van der Waals surface area contributed by atoms with Gasteiger partial charge in [-0.25, -0.2) is 9.78 Å². The molecule has 5 heteroatoms. The summed E-state index contributed by atoms with van der Waals surface area (Å²) >= 11 is 1.57. The number of nitrogens with zero attached hydrogens (tertiary/aromatic N) is 1. The van der Waals surface area contributed by atoms with E-state index in [1.807, 2.05) is 17.5 Å². The zero-order valence-corrected chi connectivity index (χ0v) is 10.2. The van der Waals surface area contributed by atoms with Crippen molar-refractivity contribution >= 4 is 23.0 Å². The maximum atomic E-state index is 11.2.